The smallest absolute Gasteiger partial charge is 0.0478 e. The second-order valence-electron chi connectivity index (χ2n) is 10.7. The molecule has 0 saturated heterocycles. The monoisotopic (exact) mass is 574 g/mol. The molecule has 0 atom stereocenters. The zero-order chi connectivity index (χ0) is 26.4. The first-order chi connectivity index (χ1) is 17.7. The van der Waals surface area contributed by atoms with Crippen LogP contribution in [0.4, 0.5) is 0 Å². The van der Waals surface area contributed by atoms with Crippen LogP contribution in [0.1, 0.15) is 181 Å². The van der Waals surface area contributed by atoms with Gasteiger partial charge in [-0.15, -0.1) is 23.5 Å². The van der Waals surface area contributed by atoms with E-state index in [-0.39, 0.29) is 0 Å². The molecule has 214 valence electrons. The van der Waals surface area contributed by atoms with Crippen molar-refractivity contribution in [3.8, 4) is 0 Å². The summed E-state index contributed by atoms with van der Waals surface area (Å²) in [6.07, 6.45) is 35.7. The van der Waals surface area contributed by atoms with E-state index in [0.29, 0.717) is 0 Å². The van der Waals surface area contributed by atoms with Crippen LogP contribution in [0.25, 0.3) is 0 Å². The number of rotatable bonds is 29. The Morgan fingerprint density at radius 2 is 0.611 bits per heavy atom. The molecular formula is C32H62S4. The minimum atomic E-state index is 1.13. The molecule has 0 amide bonds. The third-order valence-corrected chi connectivity index (χ3v) is 10.2. The van der Waals surface area contributed by atoms with Gasteiger partial charge >= 0.3 is 0 Å². The summed E-state index contributed by atoms with van der Waals surface area (Å²) in [5, 5.41) is 0. The highest BCUT2D eigenvalue weighted by Gasteiger charge is 2.02. The molecule has 0 heterocycles. The highest BCUT2D eigenvalue weighted by atomic mass is 32.2. The standard InChI is InChI=1S/C32H62S4/c1-3-5-7-9-11-13-15-17-21-25-29-35-31(33)27-23-19-20-24-28-32(34)36-30-26-22-18-16-14-12-10-8-6-4-2/h3-30H2,1-2H3. The van der Waals surface area contributed by atoms with Gasteiger partial charge in [0.15, 0.2) is 0 Å². The average molecular weight is 575 g/mol. The van der Waals surface area contributed by atoms with E-state index in [2.05, 4.69) is 13.8 Å². The predicted octanol–water partition coefficient (Wildman–Crippen LogP) is 13.3. The largest absolute Gasteiger partial charge is 0.119 e. The fourth-order valence-corrected chi connectivity index (χ4v) is 7.11. The predicted molar refractivity (Wildman–Crippen MR) is 182 cm³/mol. The fourth-order valence-electron chi connectivity index (χ4n) is 4.59. The van der Waals surface area contributed by atoms with E-state index in [1.165, 1.54) is 174 Å². The first-order valence-electron chi connectivity index (χ1n) is 16.0. The Balaban J connectivity index is 3.26. The third-order valence-electron chi connectivity index (χ3n) is 7.03. The second kappa shape index (κ2) is 32.1. The van der Waals surface area contributed by atoms with Gasteiger partial charge in [-0.05, 0) is 50.0 Å². The Bertz CT molecular complexity index is 421. The van der Waals surface area contributed by atoms with Crippen LogP contribution < -0.4 is 0 Å². The Hall–Kier alpha value is 0.880. The number of thiocarbonyl (C=S) groups is 2. The van der Waals surface area contributed by atoms with E-state index in [4.69, 9.17) is 24.4 Å². The molecular weight excluding hydrogens is 513 g/mol. The molecule has 0 N–H and O–H groups in total. The van der Waals surface area contributed by atoms with Gasteiger partial charge in [-0.2, -0.15) is 0 Å². The summed E-state index contributed by atoms with van der Waals surface area (Å²) in [6.45, 7) is 4.59. The quantitative estimate of drug-likeness (QED) is 0.0643. The molecule has 0 fully saturated rings. The number of unbranched alkanes of at least 4 members (excludes halogenated alkanes) is 21. The van der Waals surface area contributed by atoms with Gasteiger partial charge in [-0.25, -0.2) is 0 Å². The van der Waals surface area contributed by atoms with Gasteiger partial charge in [0, 0.05) is 8.39 Å². The zero-order valence-corrected chi connectivity index (χ0v) is 27.7. The second-order valence-corrected chi connectivity index (χ2v) is 14.6. The lowest BCUT2D eigenvalue weighted by Gasteiger charge is -2.06. The summed E-state index contributed by atoms with van der Waals surface area (Å²) in [5.41, 5.74) is 0. The summed E-state index contributed by atoms with van der Waals surface area (Å²) in [5.74, 6) is 2.47. The van der Waals surface area contributed by atoms with Crippen LogP contribution in [0.5, 0.6) is 0 Å². The maximum Gasteiger partial charge on any atom is 0.0478 e. The van der Waals surface area contributed by atoms with Crippen LogP contribution in [0.2, 0.25) is 0 Å². The van der Waals surface area contributed by atoms with Crippen molar-refractivity contribution in [2.75, 3.05) is 11.5 Å². The molecule has 0 unspecified atom stereocenters. The molecule has 0 radical (unpaired) electrons. The molecule has 0 aliphatic carbocycles. The fraction of sp³-hybridized carbons (Fsp3) is 0.938. The molecule has 0 spiro atoms. The van der Waals surface area contributed by atoms with Crippen LogP contribution in [-0.2, 0) is 0 Å². The van der Waals surface area contributed by atoms with Crippen molar-refractivity contribution < 1.29 is 0 Å². The topological polar surface area (TPSA) is 0 Å². The molecule has 0 rings (SSSR count). The van der Waals surface area contributed by atoms with Gasteiger partial charge in [0.25, 0.3) is 0 Å². The summed E-state index contributed by atoms with van der Waals surface area (Å²) < 4.78 is 2.49. The van der Waals surface area contributed by atoms with E-state index in [1.54, 1.807) is 0 Å². The molecule has 0 aliphatic heterocycles. The highest BCUT2D eigenvalue weighted by Crippen LogP contribution is 2.19. The van der Waals surface area contributed by atoms with Crippen molar-refractivity contribution in [3.05, 3.63) is 0 Å². The van der Waals surface area contributed by atoms with Gasteiger partial charge < -0.3 is 0 Å². The van der Waals surface area contributed by atoms with Gasteiger partial charge in [0.1, 0.15) is 0 Å². The summed E-state index contributed by atoms with van der Waals surface area (Å²) in [6, 6.07) is 0. The molecule has 36 heavy (non-hydrogen) atoms. The number of thioether (sulfide) groups is 2. The van der Waals surface area contributed by atoms with E-state index in [9.17, 15) is 0 Å². The summed E-state index contributed by atoms with van der Waals surface area (Å²) >= 11 is 15.1. The van der Waals surface area contributed by atoms with E-state index in [1.807, 2.05) is 23.5 Å². The first-order valence-corrected chi connectivity index (χ1v) is 18.8. The van der Waals surface area contributed by atoms with Crippen molar-refractivity contribution in [2.45, 2.75) is 181 Å². The maximum atomic E-state index is 5.60. The number of hydrogen-bond donors (Lipinski definition) is 0. The van der Waals surface area contributed by atoms with E-state index < -0.39 is 0 Å². The minimum Gasteiger partial charge on any atom is -0.119 e. The summed E-state index contributed by atoms with van der Waals surface area (Å²) in [4.78, 5) is 0. The van der Waals surface area contributed by atoms with Gasteiger partial charge in [0.2, 0.25) is 0 Å². The molecule has 0 saturated carbocycles. The molecule has 0 bridgehead atoms. The lowest BCUT2D eigenvalue weighted by molar-refractivity contribution is 0.563. The molecule has 0 aromatic heterocycles. The Labute approximate surface area is 247 Å². The van der Waals surface area contributed by atoms with Crippen LogP contribution in [0, 0.1) is 0 Å². The van der Waals surface area contributed by atoms with E-state index >= 15 is 0 Å². The third kappa shape index (κ3) is 31.1. The van der Waals surface area contributed by atoms with Crippen molar-refractivity contribution >= 4 is 56.4 Å². The van der Waals surface area contributed by atoms with E-state index in [0.717, 1.165) is 12.8 Å². The molecule has 0 aromatic rings. The lowest BCUT2D eigenvalue weighted by Crippen LogP contribution is -1.93. The first kappa shape index (κ1) is 36.9. The average Bonchev–Trinajstić information content (AvgIpc) is 2.87. The van der Waals surface area contributed by atoms with Crippen molar-refractivity contribution in [1.29, 1.82) is 0 Å². The van der Waals surface area contributed by atoms with Gasteiger partial charge in [-0.1, -0.05) is 167 Å². The molecule has 4 heteroatoms. The Morgan fingerprint density at radius 1 is 0.361 bits per heavy atom. The summed E-state index contributed by atoms with van der Waals surface area (Å²) in [7, 11) is 0. The van der Waals surface area contributed by atoms with Crippen LogP contribution in [0.15, 0.2) is 0 Å². The van der Waals surface area contributed by atoms with Crippen molar-refractivity contribution in [2.24, 2.45) is 0 Å². The molecule has 0 aromatic carbocycles. The van der Waals surface area contributed by atoms with Crippen LogP contribution in [-0.4, -0.2) is 19.9 Å². The lowest BCUT2D eigenvalue weighted by atomic mass is 10.1. The highest BCUT2D eigenvalue weighted by molar-refractivity contribution is 8.23. The molecule has 0 nitrogen and oxygen atoms in total. The normalized spacial score (nSPS) is 11.3. The van der Waals surface area contributed by atoms with Crippen LogP contribution >= 0.6 is 48.0 Å². The van der Waals surface area contributed by atoms with Gasteiger partial charge in [0.05, 0.1) is 0 Å². The Kier molecular flexibility index (Phi) is 32.9. The minimum absolute atomic E-state index is 1.13. The SMILES string of the molecule is CCCCCCCCCCCCSC(=S)CCCCCCC(=S)SCCCCCCCCCCCC. The molecule has 0 aliphatic rings. The van der Waals surface area contributed by atoms with Gasteiger partial charge in [-0.3, -0.25) is 0 Å². The van der Waals surface area contributed by atoms with Crippen molar-refractivity contribution in [1.82, 2.24) is 0 Å². The van der Waals surface area contributed by atoms with Crippen LogP contribution in [0.3, 0.4) is 0 Å². The van der Waals surface area contributed by atoms with Crippen molar-refractivity contribution in [3.63, 3.8) is 0 Å². The zero-order valence-electron chi connectivity index (χ0n) is 24.4. The Morgan fingerprint density at radius 3 is 0.917 bits per heavy atom. The number of hydrogen-bond acceptors (Lipinski definition) is 4. The maximum absolute atomic E-state index is 5.60.